The Morgan fingerprint density at radius 3 is 1.62 bits per heavy atom. The molecular formula is C22H42O2Si2. The molecule has 2 nitrogen and oxygen atoms in total. The fraction of sp³-hybridized carbons (Fsp3) is 0.727. The summed E-state index contributed by atoms with van der Waals surface area (Å²) >= 11 is 0. The van der Waals surface area contributed by atoms with E-state index in [2.05, 4.69) is 86.8 Å². The fourth-order valence-electron chi connectivity index (χ4n) is 2.23. The summed E-state index contributed by atoms with van der Waals surface area (Å²) < 4.78 is 13.3. The molecule has 0 aromatic rings. The molecule has 0 N–H and O–H groups in total. The van der Waals surface area contributed by atoms with Crippen LogP contribution in [0.3, 0.4) is 0 Å². The summed E-state index contributed by atoms with van der Waals surface area (Å²) in [6.45, 7) is 30.6. The molecule has 0 spiro atoms. The Bertz CT molecular complexity index is 516. The van der Waals surface area contributed by atoms with E-state index in [1.807, 2.05) is 12.2 Å². The summed E-state index contributed by atoms with van der Waals surface area (Å²) in [5.41, 5.74) is 0. The van der Waals surface area contributed by atoms with Crippen molar-refractivity contribution < 1.29 is 8.85 Å². The summed E-state index contributed by atoms with van der Waals surface area (Å²) in [7, 11) is -3.91. The van der Waals surface area contributed by atoms with Gasteiger partial charge in [0.15, 0.2) is 16.6 Å². The van der Waals surface area contributed by atoms with Gasteiger partial charge in [0.05, 0.1) is 12.2 Å². The van der Waals surface area contributed by atoms with Crippen LogP contribution in [-0.2, 0) is 8.85 Å². The highest BCUT2D eigenvalue weighted by molar-refractivity contribution is 6.74. The normalized spacial score (nSPS) is 17.1. The Morgan fingerprint density at radius 2 is 1.31 bits per heavy atom. The molecule has 0 aliphatic heterocycles. The number of hydrogen-bond acceptors (Lipinski definition) is 2. The maximum atomic E-state index is 6.69. The molecule has 0 fully saturated rings. The highest BCUT2D eigenvalue weighted by Crippen LogP contribution is 2.41. The third-order valence-corrected chi connectivity index (χ3v) is 15.1. The smallest absolute Gasteiger partial charge is 0.192 e. The van der Waals surface area contributed by atoms with Crippen molar-refractivity contribution >= 4 is 16.6 Å². The van der Waals surface area contributed by atoms with Gasteiger partial charge < -0.3 is 8.85 Å². The van der Waals surface area contributed by atoms with Crippen LogP contribution in [0.5, 0.6) is 0 Å². The zero-order chi connectivity index (χ0) is 21.0. The third kappa shape index (κ3) is 6.53. The van der Waals surface area contributed by atoms with Crippen molar-refractivity contribution in [2.75, 3.05) is 0 Å². The predicted molar refractivity (Wildman–Crippen MR) is 121 cm³/mol. The quantitative estimate of drug-likeness (QED) is 0.244. The number of rotatable bonds is 9. The van der Waals surface area contributed by atoms with Crippen LogP contribution in [0.4, 0.5) is 0 Å². The molecule has 0 aromatic carbocycles. The molecule has 0 aliphatic rings. The summed E-state index contributed by atoms with van der Waals surface area (Å²) in [6.07, 6.45) is 9.82. The van der Waals surface area contributed by atoms with Crippen LogP contribution in [0, 0.1) is 18.3 Å². The van der Waals surface area contributed by atoms with Gasteiger partial charge in [0, 0.05) is 12.3 Å². The molecule has 4 heteroatoms. The van der Waals surface area contributed by atoms with Gasteiger partial charge in [-0.25, -0.2) is 0 Å². The van der Waals surface area contributed by atoms with Gasteiger partial charge in [-0.05, 0) is 36.3 Å². The third-order valence-electron chi connectivity index (χ3n) is 6.12. The fourth-order valence-corrected chi connectivity index (χ4v) is 4.86. The van der Waals surface area contributed by atoms with Gasteiger partial charge in [-0.3, -0.25) is 0 Å². The van der Waals surface area contributed by atoms with Crippen LogP contribution < -0.4 is 0 Å². The zero-order valence-corrected chi connectivity index (χ0v) is 20.9. The molecule has 0 saturated heterocycles. The van der Waals surface area contributed by atoms with E-state index in [-0.39, 0.29) is 28.2 Å². The van der Waals surface area contributed by atoms with Crippen LogP contribution in [0.2, 0.25) is 36.3 Å². The largest absolute Gasteiger partial charge is 0.412 e. The van der Waals surface area contributed by atoms with Crippen LogP contribution in [0.1, 0.15) is 48.0 Å². The van der Waals surface area contributed by atoms with E-state index in [0.29, 0.717) is 6.42 Å². The second-order valence-corrected chi connectivity index (χ2v) is 19.7. The van der Waals surface area contributed by atoms with E-state index in [1.54, 1.807) is 0 Å². The first kappa shape index (κ1) is 25.4. The van der Waals surface area contributed by atoms with Crippen LogP contribution in [0.25, 0.3) is 0 Å². The lowest BCUT2D eigenvalue weighted by Crippen LogP contribution is -2.50. The first-order valence-corrected chi connectivity index (χ1v) is 15.4. The molecule has 0 unspecified atom stereocenters. The van der Waals surface area contributed by atoms with Crippen LogP contribution in [-0.4, -0.2) is 28.8 Å². The standard InChI is InChI=1S/C22H42O2Si2/c1-14-17-20(24-26(12,13)22(7,8)9)18(15-2)19(16-3)23-25(10,11)21(4,5)6/h1,15-16,18-20H,2-3,17H2,4-13H3/t18-,19-,20-/m1/s1. The van der Waals surface area contributed by atoms with Crippen molar-refractivity contribution in [1.82, 2.24) is 0 Å². The molecule has 150 valence electrons. The molecule has 0 saturated carbocycles. The molecule has 26 heavy (non-hydrogen) atoms. The summed E-state index contributed by atoms with van der Waals surface area (Å²) in [4.78, 5) is 0. The van der Waals surface area contributed by atoms with E-state index in [1.165, 1.54) is 0 Å². The minimum Gasteiger partial charge on any atom is -0.412 e. The van der Waals surface area contributed by atoms with Gasteiger partial charge in [0.2, 0.25) is 0 Å². The molecular weight excluding hydrogens is 352 g/mol. The van der Waals surface area contributed by atoms with Gasteiger partial charge >= 0.3 is 0 Å². The highest BCUT2D eigenvalue weighted by Gasteiger charge is 2.44. The van der Waals surface area contributed by atoms with Gasteiger partial charge in [0.25, 0.3) is 0 Å². The molecule has 0 heterocycles. The average Bonchev–Trinajstić information content (AvgIpc) is 2.44. The van der Waals surface area contributed by atoms with Crippen molar-refractivity contribution in [1.29, 1.82) is 0 Å². The summed E-state index contributed by atoms with van der Waals surface area (Å²) in [6, 6.07) is 0. The van der Waals surface area contributed by atoms with Gasteiger partial charge in [0.1, 0.15) is 0 Å². The molecule has 0 aromatic heterocycles. The van der Waals surface area contributed by atoms with Crippen LogP contribution >= 0.6 is 0 Å². The number of terminal acetylenes is 1. The highest BCUT2D eigenvalue weighted by atomic mass is 28.4. The SMILES string of the molecule is C#CC[C@@H](O[Si](C)(C)C(C)(C)C)[C@H](C=C)[C@@H](C=C)O[Si](C)(C)C(C)(C)C. The van der Waals surface area contributed by atoms with Gasteiger partial charge in [-0.15, -0.1) is 25.5 Å². The van der Waals surface area contributed by atoms with E-state index in [9.17, 15) is 0 Å². The van der Waals surface area contributed by atoms with Gasteiger partial charge in [-0.1, -0.05) is 53.7 Å². The van der Waals surface area contributed by atoms with E-state index < -0.39 is 16.6 Å². The summed E-state index contributed by atoms with van der Waals surface area (Å²) in [5.74, 6) is 2.79. The summed E-state index contributed by atoms with van der Waals surface area (Å²) in [5, 5.41) is 0.247. The lowest BCUT2D eigenvalue weighted by molar-refractivity contribution is 0.0753. The van der Waals surface area contributed by atoms with Crippen molar-refractivity contribution in [3.05, 3.63) is 25.3 Å². The molecule has 0 rings (SSSR count). The lowest BCUT2D eigenvalue weighted by atomic mass is 9.94. The molecule has 0 bridgehead atoms. The average molecular weight is 395 g/mol. The molecule has 0 amide bonds. The van der Waals surface area contributed by atoms with E-state index in [4.69, 9.17) is 15.3 Å². The van der Waals surface area contributed by atoms with Crippen molar-refractivity contribution in [2.24, 2.45) is 5.92 Å². The molecule has 3 atom stereocenters. The maximum Gasteiger partial charge on any atom is 0.192 e. The Kier molecular flexibility index (Phi) is 8.85. The Balaban J connectivity index is 5.72. The number of hydrogen-bond donors (Lipinski definition) is 0. The second-order valence-electron chi connectivity index (χ2n) is 10.2. The Morgan fingerprint density at radius 1 is 0.885 bits per heavy atom. The minimum atomic E-state index is -1.96. The lowest BCUT2D eigenvalue weighted by Gasteiger charge is -2.44. The predicted octanol–water partition coefficient (Wildman–Crippen LogP) is 6.78. The van der Waals surface area contributed by atoms with Crippen molar-refractivity contribution in [2.45, 2.75) is 96.4 Å². The van der Waals surface area contributed by atoms with E-state index >= 15 is 0 Å². The monoisotopic (exact) mass is 394 g/mol. The molecule has 0 radical (unpaired) electrons. The Hall–Kier alpha value is -0.606. The first-order valence-electron chi connectivity index (χ1n) is 9.58. The van der Waals surface area contributed by atoms with Crippen LogP contribution in [0.15, 0.2) is 25.3 Å². The maximum absolute atomic E-state index is 6.69. The van der Waals surface area contributed by atoms with Crippen molar-refractivity contribution in [3.8, 4) is 12.3 Å². The van der Waals surface area contributed by atoms with E-state index in [0.717, 1.165) is 0 Å². The second kappa shape index (κ2) is 9.06. The minimum absolute atomic E-state index is 0.00759. The van der Waals surface area contributed by atoms with Gasteiger partial charge in [-0.2, -0.15) is 0 Å². The Labute approximate surface area is 165 Å². The zero-order valence-electron chi connectivity index (χ0n) is 18.9. The topological polar surface area (TPSA) is 18.5 Å². The molecule has 0 aliphatic carbocycles. The van der Waals surface area contributed by atoms with Crippen molar-refractivity contribution in [3.63, 3.8) is 0 Å². The first-order chi connectivity index (χ1) is 11.5.